The van der Waals surface area contributed by atoms with Gasteiger partial charge in [0.2, 0.25) is 0 Å². The molecule has 1 amide bonds. The molecule has 1 aromatic rings. The van der Waals surface area contributed by atoms with E-state index in [0.29, 0.717) is 19.5 Å². The van der Waals surface area contributed by atoms with Crippen molar-refractivity contribution in [3.05, 3.63) is 33.1 Å². The number of aromatic nitrogens is 1. The van der Waals surface area contributed by atoms with Crippen LogP contribution < -0.4 is 5.73 Å². The Kier molecular flexibility index (Phi) is 3.44. The van der Waals surface area contributed by atoms with E-state index in [1.54, 1.807) is 0 Å². The summed E-state index contributed by atoms with van der Waals surface area (Å²) in [7, 11) is 0. The highest BCUT2D eigenvalue weighted by Crippen LogP contribution is 2.22. The van der Waals surface area contributed by atoms with Crippen LogP contribution in [-0.4, -0.2) is 39.8 Å². The van der Waals surface area contributed by atoms with E-state index in [1.165, 1.54) is 4.90 Å². The van der Waals surface area contributed by atoms with Gasteiger partial charge in [0.1, 0.15) is 11.3 Å². The molecule has 1 fully saturated rings. The molecule has 2 rings (SSSR count). The zero-order valence-electron chi connectivity index (χ0n) is 9.38. The van der Waals surface area contributed by atoms with Crippen molar-refractivity contribution in [2.45, 2.75) is 12.5 Å². The van der Waals surface area contributed by atoms with Crippen molar-refractivity contribution in [1.29, 1.82) is 0 Å². The number of rotatable bonds is 2. The number of hydrogen-bond acceptors (Lipinski definition) is 5. The van der Waals surface area contributed by atoms with E-state index in [1.807, 2.05) is 0 Å². The maximum atomic E-state index is 12.1. The van der Waals surface area contributed by atoms with Gasteiger partial charge in [-0.25, -0.2) is 4.98 Å². The van der Waals surface area contributed by atoms with E-state index in [9.17, 15) is 14.9 Å². The van der Waals surface area contributed by atoms with E-state index < -0.39 is 4.92 Å². The fourth-order valence-electron chi connectivity index (χ4n) is 1.83. The summed E-state index contributed by atoms with van der Waals surface area (Å²) in [5, 5.41) is 10.6. The molecule has 0 saturated carbocycles. The summed E-state index contributed by atoms with van der Waals surface area (Å²) in [5.74, 6) is -0.371. The third-order valence-corrected chi connectivity index (χ3v) is 3.08. The first-order valence-corrected chi connectivity index (χ1v) is 5.71. The normalized spacial score (nSPS) is 19.0. The maximum Gasteiger partial charge on any atom is 0.288 e. The third-order valence-electron chi connectivity index (χ3n) is 2.78. The maximum absolute atomic E-state index is 12.1. The predicted octanol–water partition coefficient (Wildman–Crippen LogP) is 0.816. The lowest BCUT2D eigenvalue weighted by atomic mass is 10.2. The number of carbonyl (C=O) groups is 1. The van der Waals surface area contributed by atoms with Gasteiger partial charge in [-0.15, -0.1) is 0 Å². The molecule has 7 nitrogen and oxygen atoms in total. The fourth-order valence-corrected chi connectivity index (χ4v) is 2.01. The summed E-state index contributed by atoms with van der Waals surface area (Å²) in [4.78, 5) is 27.3. The van der Waals surface area contributed by atoms with E-state index in [0.717, 1.165) is 12.3 Å². The van der Waals surface area contributed by atoms with Crippen LogP contribution in [0.5, 0.6) is 0 Å². The average molecular weight is 271 g/mol. The Bertz CT molecular complexity index is 508. The van der Waals surface area contributed by atoms with Crippen LogP contribution in [0.2, 0.25) is 5.15 Å². The number of nitro groups is 1. The Morgan fingerprint density at radius 3 is 2.94 bits per heavy atom. The number of hydrogen-bond donors (Lipinski definition) is 1. The van der Waals surface area contributed by atoms with Gasteiger partial charge in [-0.2, -0.15) is 0 Å². The van der Waals surface area contributed by atoms with Crippen molar-refractivity contribution in [1.82, 2.24) is 9.88 Å². The molecule has 1 aromatic heterocycles. The first kappa shape index (κ1) is 12.7. The van der Waals surface area contributed by atoms with Gasteiger partial charge in [-0.3, -0.25) is 14.9 Å². The quantitative estimate of drug-likeness (QED) is 0.487. The first-order valence-electron chi connectivity index (χ1n) is 5.34. The summed E-state index contributed by atoms with van der Waals surface area (Å²) in [6.45, 7) is 0.955. The van der Waals surface area contributed by atoms with Crippen molar-refractivity contribution >= 4 is 23.2 Å². The zero-order chi connectivity index (χ0) is 13.3. The van der Waals surface area contributed by atoms with Gasteiger partial charge in [0.15, 0.2) is 0 Å². The minimum Gasteiger partial charge on any atom is -0.337 e. The first-order chi connectivity index (χ1) is 8.49. The SMILES string of the molecule is N[C@H]1CCN(C(=O)c2cc([N+](=O)[O-])cnc2Cl)C1. The molecule has 1 atom stereocenters. The van der Waals surface area contributed by atoms with E-state index in [2.05, 4.69) is 4.98 Å². The Morgan fingerprint density at radius 1 is 1.67 bits per heavy atom. The van der Waals surface area contributed by atoms with Gasteiger partial charge in [-0.1, -0.05) is 11.6 Å². The Morgan fingerprint density at radius 2 is 2.39 bits per heavy atom. The Balaban J connectivity index is 2.29. The lowest BCUT2D eigenvalue weighted by Crippen LogP contribution is -2.32. The van der Waals surface area contributed by atoms with Crippen LogP contribution in [0.4, 0.5) is 5.69 Å². The van der Waals surface area contributed by atoms with Gasteiger partial charge in [0, 0.05) is 25.2 Å². The lowest BCUT2D eigenvalue weighted by Gasteiger charge is -2.15. The summed E-state index contributed by atoms with van der Waals surface area (Å²) in [6.07, 6.45) is 1.74. The number of carbonyl (C=O) groups excluding carboxylic acids is 1. The molecule has 0 spiro atoms. The summed E-state index contributed by atoms with van der Waals surface area (Å²) >= 11 is 5.80. The largest absolute Gasteiger partial charge is 0.337 e. The van der Waals surface area contributed by atoms with Crippen molar-refractivity contribution in [2.75, 3.05) is 13.1 Å². The molecule has 0 unspecified atom stereocenters. The molecule has 1 aliphatic rings. The molecule has 1 saturated heterocycles. The van der Waals surface area contributed by atoms with Crippen molar-refractivity contribution < 1.29 is 9.72 Å². The van der Waals surface area contributed by atoms with Crippen LogP contribution in [0.15, 0.2) is 12.3 Å². The highest BCUT2D eigenvalue weighted by atomic mass is 35.5. The molecule has 96 valence electrons. The third kappa shape index (κ3) is 2.41. The summed E-state index contributed by atoms with van der Waals surface area (Å²) < 4.78 is 0. The topological polar surface area (TPSA) is 102 Å². The highest BCUT2D eigenvalue weighted by molar-refractivity contribution is 6.32. The summed E-state index contributed by atoms with van der Waals surface area (Å²) in [5.41, 5.74) is 5.49. The standard InChI is InChI=1S/C10H11ClN4O3/c11-9-8(3-7(4-13-9)15(17)18)10(16)14-2-1-6(12)5-14/h3-4,6H,1-2,5,12H2/t6-/m0/s1. The number of likely N-dealkylation sites (tertiary alicyclic amines) is 1. The number of amides is 1. The smallest absolute Gasteiger partial charge is 0.288 e. The fraction of sp³-hybridized carbons (Fsp3) is 0.400. The van der Waals surface area contributed by atoms with E-state index in [4.69, 9.17) is 17.3 Å². The van der Waals surface area contributed by atoms with Crippen molar-refractivity contribution in [3.8, 4) is 0 Å². The molecular weight excluding hydrogens is 260 g/mol. The van der Waals surface area contributed by atoms with Gasteiger partial charge in [-0.05, 0) is 6.42 Å². The van der Waals surface area contributed by atoms with Crippen LogP contribution in [0.3, 0.4) is 0 Å². The van der Waals surface area contributed by atoms with Crippen LogP contribution in [-0.2, 0) is 0 Å². The number of nitrogens with zero attached hydrogens (tertiary/aromatic N) is 3. The molecule has 18 heavy (non-hydrogen) atoms. The molecule has 0 bridgehead atoms. The van der Waals surface area contributed by atoms with Gasteiger partial charge < -0.3 is 10.6 Å². The monoisotopic (exact) mass is 270 g/mol. The van der Waals surface area contributed by atoms with Crippen molar-refractivity contribution in [3.63, 3.8) is 0 Å². The molecular formula is C10H11ClN4O3. The van der Waals surface area contributed by atoms with Gasteiger partial charge >= 0.3 is 0 Å². The number of nitrogens with two attached hydrogens (primary N) is 1. The zero-order valence-corrected chi connectivity index (χ0v) is 10.1. The lowest BCUT2D eigenvalue weighted by molar-refractivity contribution is -0.385. The molecule has 8 heteroatoms. The second-order valence-electron chi connectivity index (χ2n) is 4.09. The second kappa shape index (κ2) is 4.87. The Hall–Kier alpha value is -1.73. The minimum atomic E-state index is -0.615. The second-order valence-corrected chi connectivity index (χ2v) is 4.45. The summed E-state index contributed by atoms with van der Waals surface area (Å²) in [6, 6.07) is 1.08. The minimum absolute atomic E-state index is 0.0360. The molecule has 0 aliphatic carbocycles. The highest BCUT2D eigenvalue weighted by Gasteiger charge is 2.27. The van der Waals surface area contributed by atoms with E-state index in [-0.39, 0.29) is 28.4 Å². The number of halogens is 1. The van der Waals surface area contributed by atoms with Crippen LogP contribution in [0.25, 0.3) is 0 Å². The van der Waals surface area contributed by atoms with Gasteiger partial charge in [0.05, 0.1) is 10.5 Å². The van der Waals surface area contributed by atoms with Crippen molar-refractivity contribution in [2.24, 2.45) is 5.73 Å². The predicted molar refractivity (Wildman–Crippen MR) is 64.4 cm³/mol. The average Bonchev–Trinajstić information content (AvgIpc) is 2.75. The Labute approximate surface area is 108 Å². The molecule has 1 aliphatic heterocycles. The molecule has 2 N–H and O–H groups in total. The molecule has 0 radical (unpaired) electrons. The molecule has 2 heterocycles. The number of pyridine rings is 1. The van der Waals surface area contributed by atoms with Gasteiger partial charge in [0.25, 0.3) is 11.6 Å². The van der Waals surface area contributed by atoms with E-state index >= 15 is 0 Å². The van der Waals surface area contributed by atoms with Crippen LogP contribution >= 0.6 is 11.6 Å². The van der Waals surface area contributed by atoms with Crippen LogP contribution in [0.1, 0.15) is 16.8 Å². The molecule has 0 aromatic carbocycles. The van der Waals surface area contributed by atoms with Crippen LogP contribution in [0, 0.1) is 10.1 Å².